The summed E-state index contributed by atoms with van der Waals surface area (Å²) in [6.07, 6.45) is 0.950. The van der Waals surface area contributed by atoms with Crippen LogP contribution in [-0.2, 0) is 32.6 Å². The second kappa shape index (κ2) is 12.4. The number of benzene rings is 4. The number of aromatic nitrogens is 1. The number of likely N-dealkylation sites (N-methyl/N-ethyl adjacent to an activating group) is 1. The van der Waals surface area contributed by atoms with E-state index in [0.29, 0.717) is 39.1 Å². The van der Waals surface area contributed by atoms with Gasteiger partial charge in [0.05, 0.1) is 23.7 Å². The fourth-order valence-corrected chi connectivity index (χ4v) is 8.35. The van der Waals surface area contributed by atoms with Gasteiger partial charge in [0.2, 0.25) is 5.91 Å². The number of hydrogen-bond donors (Lipinski definition) is 3. The molecule has 3 aliphatic heterocycles. The van der Waals surface area contributed by atoms with Gasteiger partial charge in [0.1, 0.15) is 6.04 Å². The average Bonchev–Trinajstić information content (AvgIpc) is 3.35. The van der Waals surface area contributed by atoms with Gasteiger partial charge in [-0.3, -0.25) is 19.2 Å². The Morgan fingerprint density at radius 2 is 1.71 bits per heavy atom. The summed E-state index contributed by atoms with van der Waals surface area (Å²) in [6, 6.07) is 23.9. The van der Waals surface area contributed by atoms with Crippen molar-refractivity contribution in [2.75, 3.05) is 28.6 Å². The maximum Gasteiger partial charge on any atom is 0.411 e. The van der Waals surface area contributed by atoms with Gasteiger partial charge in [-0.2, -0.15) is 0 Å². The molecule has 0 fully saturated rings. The van der Waals surface area contributed by atoms with Crippen molar-refractivity contribution in [2.45, 2.75) is 43.8 Å². The number of ether oxygens (including phenoxy) is 1. The smallest absolute Gasteiger partial charge is 0.411 e. The lowest BCUT2D eigenvalue weighted by atomic mass is 9.93. The first-order valence-corrected chi connectivity index (χ1v) is 17.3. The van der Waals surface area contributed by atoms with E-state index in [-0.39, 0.29) is 42.0 Å². The number of aryl methyl sites for hydroxylation is 1. The minimum absolute atomic E-state index is 0.0186. The Bertz CT molecular complexity index is 2300. The minimum atomic E-state index is -3.87. The third-order valence-corrected chi connectivity index (χ3v) is 11.0. The minimum Gasteiger partial charge on any atom is -0.449 e. The molecule has 11 nitrogen and oxygen atoms in total. The van der Waals surface area contributed by atoms with Crippen molar-refractivity contribution in [1.82, 2.24) is 9.88 Å². The number of carbonyl (C=O) groups is 2. The molecular weight excluding hydrogens is 643 g/mol. The number of rotatable bonds is 3. The number of nitrogens with one attached hydrogen (secondary N) is 3. The summed E-state index contributed by atoms with van der Waals surface area (Å²) in [7, 11) is -2.22. The number of hydrogen-bond acceptors (Lipinski definition) is 7. The molecule has 1 aromatic heterocycles. The number of amides is 2. The van der Waals surface area contributed by atoms with E-state index in [4.69, 9.17) is 4.74 Å². The Kier molecular flexibility index (Phi) is 8.11. The van der Waals surface area contributed by atoms with Crippen molar-refractivity contribution >= 4 is 49.9 Å². The highest BCUT2D eigenvalue weighted by atomic mass is 32.2. The molecule has 4 heterocycles. The summed E-state index contributed by atoms with van der Waals surface area (Å²) < 4.78 is 34.3. The fraction of sp³-hybridized carbons (Fsp3) is 0.216. The molecule has 0 unspecified atom stereocenters. The van der Waals surface area contributed by atoms with Crippen molar-refractivity contribution < 1.29 is 22.7 Å². The summed E-state index contributed by atoms with van der Waals surface area (Å²) >= 11 is 0. The van der Waals surface area contributed by atoms with E-state index in [1.165, 1.54) is 9.21 Å². The van der Waals surface area contributed by atoms with Crippen LogP contribution >= 0.6 is 0 Å². The molecule has 3 N–H and O–H groups in total. The molecule has 4 bridgehead atoms. The quantitative estimate of drug-likeness (QED) is 0.212. The number of nitrogens with zero attached hydrogens (tertiary/aromatic N) is 2. The van der Waals surface area contributed by atoms with Crippen molar-refractivity contribution in [3.63, 3.8) is 0 Å². The van der Waals surface area contributed by atoms with Gasteiger partial charge in [-0.25, -0.2) is 13.2 Å². The summed E-state index contributed by atoms with van der Waals surface area (Å²) in [4.78, 5) is 44.4. The van der Waals surface area contributed by atoms with Crippen LogP contribution in [-0.4, -0.2) is 44.0 Å². The van der Waals surface area contributed by atoms with Gasteiger partial charge in [0, 0.05) is 42.5 Å². The Balaban J connectivity index is 1.31. The number of pyridine rings is 1. The summed E-state index contributed by atoms with van der Waals surface area (Å²) in [5.74, 6) is -0.421. The summed E-state index contributed by atoms with van der Waals surface area (Å²) in [6.45, 7) is 4.18. The highest BCUT2D eigenvalue weighted by Crippen LogP contribution is 2.38. The molecule has 0 aliphatic carbocycles. The number of sulfonamides is 1. The standard InChI is InChI=1S/C37H35N5O6S/c1-22-16-25-9-12-30(22)23(2)21-48-37(45)40-28-11-13-32(42-20-26-6-4-5-7-33(26)49(42,46)47)27(17-28)19-41(3)36(44)34(25)39-29-10-8-24-14-15-38-35(43)31(24)18-29/h4-18,23,34,39H,19-21H2,1-3H3,(H,38,43)(H,40,45)/t23-,34+/m0/s1. The molecule has 0 saturated carbocycles. The first kappa shape index (κ1) is 32.0. The number of anilines is 3. The molecule has 250 valence electrons. The van der Waals surface area contributed by atoms with Gasteiger partial charge in [-0.1, -0.05) is 49.4 Å². The van der Waals surface area contributed by atoms with Gasteiger partial charge in [-0.05, 0) is 82.6 Å². The first-order chi connectivity index (χ1) is 23.5. The van der Waals surface area contributed by atoms with E-state index in [0.717, 1.165) is 16.5 Å². The van der Waals surface area contributed by atoms with Crippen LogP contribution < -0.4 is 20.5 Å². The molecule has 12 heteroatoms. The summed E-state index contributed by atoms with van der Waals surface area (Å²) in [5, 5.41) is 7.39. The van der Waals surface area contributed by atoms with E-state index in [9.17, 15) is 22.8 Å². The topological polar surface area (TPSA) is 141 Å². The van der Waals surface area contributed by atoms with Crippen LogP contribution in [0.4, 0.5) is 21.9 Å². The Morgan fingerprint density at radius 1 is 0.898 bits per heavy atom. The van der Waals surface area contributed by atoms with E-state index in [1.807, 2.05) is 50.2 Å². The molecule has 3 aliphatic rings. The van der Waals surface area contributed by atoms with Crippen molar-refractivity contribution in [3.8, 4) is 0 Å². The van der Waals surface area contributed by atoms with E-state index in [1.54, 1.807) is 61.8 Å². The average molecular weight is 678 g/mol. The van der Waals surface area contributed by atoms with Crippen LogP contribution in [0, 0.1) is 6.92 Å². The number of fused-ring (bicyclic) bond motifs is 11. The Hall–Kier alpha value is -5.62. The number of carbonyl (C=O) groups excluding carboxylic acids is 2. The Morgan fingerprint density at radius 3 is 2.51 bits per heavy atom. The third kappa shape index (κ3) is 5.99. The summed E-state index contributed by atoms with van der Waals surface area (Å²) in [5.41, 5.74) is 4.90. The maximum atomic E-state index is 14.5. The highest BCUT2D eigenvalue weighted by molar-refractivity contribution is 7.93. The first-order valence-electron chi connectivity index (χ1n) is 15.9. The molecule has 0 spiro atoms. The molecule has 4 aromatic carbocycles. The zero-order chi connectivity index (χ0) is 34.4. The van der Waals surface area contributed by atoms with Crippen molar-refractivity contribution in [2.24, 2.45) is 0 Å². The highest BCUT2D eigenvalue weighted by Gasteiger charge is 2.36. The Labute approximate surface area is 283 Å². The lowest BCUT2D eigenvalue weighted by Crippen LogP contribution is -2.36. The second-order valence-corrected chi connectivity index (χ2v) is 14.4. The fourth-order valence-electron chi connectivity index (χ4n) is 6.65. The third-order valence-electron chi connectivity index (χ3n) is 9.19. The SMILES string of the molecule is Cc1cc2ccc1[C@@H](C)COC(=O)Nc1ccc(N3Cc4ccccc4S3(=O)=O)c(c1)CN(C)C(=O)[C@@H]2Nc1ccc2cc[nH]c(=O)c2c1. The lowest BCUT2D eigenvalue weighted by molar-refractivity contribution is -0.131. The predicted octanol–water partition coefficient (Wildman–Crippen LogP) is 6.02. The van der Waals surface area contributed by atoms with Gasteiger partial charge < -0.3 is 19.9 Å². The molecule has 2 atom stereocenters. The van der Waals surface area contributed by atoms with Gasteiger partial charge >= 0.3 is 6.09 Å². The second-order valence-electron chi connectivity index (χ2n) is 12.6. The molecule has 0 radical (unpaired) electrons. The van der Waals surface area contributed by atoms with E-state index in [2.05, 4.69) is 15.6 Å². The van der Waals surface area contributed by atoms with Crippen LogP contribution in [0.15, 0.2) is 101 Å². The maximum absolute atomic E-state index is 14.5. The van der Waals surface area contributed by atoms with Crippen LogP contribution in [0.3, 0.4) is 0 Å². The van der Waals surface area contributed by atoms with Crippen LogP contribution in [0.2, 0.25) is 0 Å². The van der Waals surface area contributed by atoms with Gasteiger partial charge in [0.15, 0.2) is 0 Å². The van der Waals surface area contributed by atoms with Gasteiger partial charge in [-0.15, -0.1) is 0 Å². The molecular formula is C37H35N5O6S. The van der Waals surface area contributed by atoms with E-state index < -0.39 is 22.2 Å². The van der Waals surface area contributed by atoms with Crippen molar-refractivity contribution in [1.29, 1.82) is 0 Å². The van der Waals surface area contributed by atoms with Crippen molar-refractivity contribution in [3.05, 3.63) is 129 Å². The number of H-pyrrole nitrogens is 1. The van der Waals surface area contributed by atoms with Crippen LogP contribution in [0.5, 0.6) is 0 Å². The monoisotopic (exact) mass is 677 g/mol. The molecule has 49 heavy (non-hydrogen) atoms. The van der Waals surface area contributed by atoms with Crippen LogP contribution in [0.25, 0.3) is 10.8 Å². The molecule has 8 rings (SSSR count). The molecule has 5 aromatic rings. The number of aromatic amines is 1. The van der Waals surface area contributed by atoms with Crippen LogP contribution in [0.1, 0.15) is 46.7 Å². The largest absolute Gasteiger partial charge is 0.449 e. The molecule has 0 saturated heterocycles. The normalized spacial score (nSPS) is 19.0. The molecule has 2 amide bonds. The predicted molar refractivity (Wildman–Crippen MR) is 188 cm³/mol. The van der Waals surface area contributed by atoms with Gasteiger partial charge in [0.25, 0.3) is 15.6 Å². The zero-order valence-corrected chi connectivity index (χ0v) is 28.0. The zero-order valence-electron chi connectivity index (χ0n) is 27.2. The van der Waals surface area contributed by atoms with E-state index >= 15 is 0 Å². The lowest BCUT2D eigenvalue weighted by Gasteiger charge is -2.29.